The summed E-state index contributed by atoms with van der Waals surface area (Å²) in [6, 6.07) is 8.97. The molecule has 3 heterocycles. The van der Waals surface area contributed by atoms with Gasteiger partial charge in [-0.2, -0.15) is 5.01 Å². The molecule has 1 aromatic carbocycles. The molecule has 174 valence electrons. The fourth-order valence-corrected chi connectivity index (χ4v) is 9.41. The Bertz CT molecular complexity index is 1100. The summed E-state index contributed by atoms with van der Waals surface area (Å²) in [7, 11) is 0. The molecular formula is C21H14Cl6N2O4. The lowest BCUT2D eigenvalue weighted by Gasteiger charge is -2.39. The third-order valence-electron chi connectivity index (χ3n) is 7.62. The molecule has 33 heavy (non-hydrogen) atoms. The van der Waals surface area contributed by atoms with Crippen LogP contribution in [0.5, 0.6) is 0 Å². The van der Waals surface area contributed by atoms with Crippen LogP contribution in [0.2, 0.25) is 0 Å². The zero-order valence-electron chi connectivity index (χ0n) is 16.4. The quantitative estimate of drug-likeness (QED) is 0.444. The first-order valence-electron chi connectivity index (χ1n) is 10.2. The van der Waals surface area contributed by atoms with Crippen molar-refractivity contribution in [1.82, 2.24) is 10.4 Å². The van der Waals surface area contributed by atoms with E-state index >= 15 is 0 Å². The molecule has 6 rings (SSSR count). The van der Waals surface area contributed by atoms with Gasteiger partial charge in [-0.1, -0.05) is 76.7 Å². The highest BCUT2D eigenvalue weighted by molar-refractivity contribution is 6.65. The lowest BCUT2D eigenvalue weighted by molar-refractivity contribution is -0.151. The predicted molar refractivity (Wildman–Crippen MR) is 123 cm³/mol. The number of nitrogens with zero attached hydrogens (tertiary/aromatic N) is 1. The van der Waals surface area contributed by atoms with Gasteiger partial charge in [0.1, 0.15) is 9.75 Å². The minimum Gasteiger partial charge on any atom is -0.373 e. The predicted octanol–water partition coefficient (Wildman–Crippen LogP) is 3.72. The molecule has 0 unspecified atom stereocenters. The smallest absolute Gasteiger partial charge is 0.254 e. The molecule has 1 aromatic rings. The second-order valence-corrected chi connectivity index (χ2v) is 12.3. The van der Waals surface area contributed by atoms with E-state index < -0.39 is 67.7 Å². The van der Waals surface area contributed by atoms with Crippen molar-refractivity contribution in [2.75, 3.05) is 0 Å². The maximum absolute atomic E-state index is 13.3. The Balaban J connectivity index is 1.31. The number of hydrazine groups is 1. The van der Waals surface area contributed by atoms with E-state index in [1.807, 2.05) is 6.07 Å². The number of benzene rings is 1. The molecule has 8 atom stereocenters. The van der Waals surface area contributed by atoms with Crippen molar-refractivity contribution in [3.8, 4) is 0 Å². The number of fused-ring (bicyclic) bond motifs is 12. The topological polar surface area (TPSA) is 75.7 Å². The maximum Gasteiger partial charge on any atom is 0.254 e. The minimum atomic E-state index is -1.78. The van der Waals surface area contributed by atoms with Gasteiger partial charge in [0.25, 0.3) is 11.8 Å². The largest absolute Gasteiger partial charge is 0.373 e. The molecule has 3 amide bonds. The van der Waals surface area contributed by atoms with Crippen molar-refractivity contribution < 1.29 is 19.1 Å². The molecule has 1 N–H and O–H groups in total. The van der Waals surface area contributed by atoms with Crippen LogP contribution in [0.15, 0.2) is 40.4 Å². The Kier molecular flexibility index (Phi) is 4.77. The number of hydrogen-bond acceptors (Lipinski definition) is 4. The highest BCUT2D eigenvalue weighted by Gasteiger charge is 2.90. The first-order chi connectivity index (χ1) is 15.5. The van der Waals surface area contributed by atoms with E-state index in [0.717, 1.165) is 10.6 Å². The number of carbonyl (C=O) groups is 3. The maximum atomic E-state index is 13.3. The second-order valence-electron chi connectivity index (χ2n) is 9.00. The monoisotopic (exact) mass is 568 g/mol. The summed E-state index contributed by atoms with van der Waals surface area (Å²) in [5.74, 6) is -4.69. The van der Waals surface area contributed by atoms with E-state index in [2.05, 4.69) is 5.43 Å². The van der Waals surface area contributed by atoms with Gasteiger partial charge in [-0.05, 0) is 5.56 Å². The van der Waals surface area contributed by atoms with Gasteiger partial charge in [0.2, 0.25) is 5.91 Å². The lowest BCUT2D eigenvalue weighted by atomic mass is 9.65. The number of hydrogen-bond donors (Lipinski definition) is 1. The average molecular weight is 571 g/mol. The van der Waals surface area contributed by atoms with Gasteiger partial charge in [-0.25, -0.2) is 0 Å². The SMILES string of the molecule is O=C(Cc1ccccc1)NN1C(=O)[C@@H]2[C@H]3O[C@H]([C@H]2C1=O)[C@@H]1[C@@H]3[C@]2(Cl)C(Cl)=C(Cl)[C@]1(Cl)C2(Cl)Cl. The second kappa shape index (κ2) is 6.94. The first-order valence-corrected chi connectivity index (χ1v) is 12.4. The Labute approximate surface area is 218 Å². The molecule has 4 fully saturated rings. The van der Waals surface area contributed by atoms with E-state index in [-0.39, 0.29) is 16.5 Å². The van der Waals surface area contributed by atoms with Crippen LogP contribution in [0.25, 0.3) is 0 Å². The zero-order chi connectivity index (χ0) is 23.7. The summed E-state index contributed by atoms with van der Waals surface area (Å²) < 4.78 is 4.31. The summed E-state index contributed by atoms with van der Waals surface area (Å²) in [4.78, 5) is 35.9. The molecule has 3 aliphatic heterocycles. The van der Waals surface area contributed by atoms with Gasteiger partial charge in [0.15, 0.2) is 4.33 Å². The summed E-state index contributed by atoms with van der Waals surface area (Å²) in [6.07, 6.45) is -1.62. The van der Waals surface area contributed by atoms with Crippen LogP contribution in [-0.4, -0.2) is 49.0 Å². The van der Waals surface area contributed by atoms with Crippen molar-refractivity contribution in [1.29, 1.82) is 0 Å². The van der Waals surface area contributed by atoms with Crippen LogP contribution in [0, 0.1) is 23.7 Å². The van der Waals surface area contributed by atoms with Crippen molar-refractivity contribution in [3.63, 3.8) is 0 Å². The van der Waals surface area contributed by atoms with Crippen molar-refractivity contribution in [2.24, 2.45) is 23.7 Å². The normalized spacial score (nSPS) is 44.0. The third kappa shape index (κ3) is 2.42. The number of halogens is 6. The number of alkyl halides is 4. The summed E-state index contributed by atoms with van der Waals surface area (Å²) >= 11 is 40.1. The van der Waals surface area contributed by atoms with Crippen LogP contribution in [0.3, 0.4) is 0 Å². The van der Waals surface area contributed by atoms with E-state index in [1.54, 1.807) is 24.3 Å². The van der Waals surface area contributed by atoms with Crippen LogP contribution in [0.1, 0.15) is 5.56 Å². The lowest BCUT2D eigenvalue weighted by Crippen LogP contribution is -2.50. The molecule has 2 aliphatic carbocycles. The van der Waals surface area contributed by atoms with Crippen molar-refractivity contribution in [3.05, 3.63) is 46.0 Å². The molecule has 6 nitrogen and oxygen atoms in total. The number of imide groups is 1. The Morgan fingerprint density at radius 1 is 0.909 bits per heavy atom. The van der Waals surface area contributed by atoms with Gasteiger partial charge in [-0.15, -0.1) is 23.2 Å². The van der Waals surface area contributed by atoms with E-state index in [0.29, 0.717) is 0 Å². The Morgan fingerprint density at radius 3 is 1.88 bits per heavy atom. The summed E-state index contributed by atoms with van der Waals surface area (Å²) in [5, 5.41) is 0.813. The number of amides is 3. The van der Waals surface area contributed by atoms with E-state index in [1.165, 1.54) is 0 Å². The summed E-state index contributed by atoms with van der Waals surface area (Å²) in [5.41, 5.74) is 3.18. The van der Waals surface area contributed by atoms with Crippen LogP contribution in [0.4, 0.5) is 0 Å². The number of allylic oxidation sites excluding steroid dienone is 2. The molecular weight excluding hydrogens is 557 g/mol. The Hall–Kier alpha value is -0.730. The average Bonchev–Trinajstić information content (AvgIpc) is 3.47. The van der Waals surface area contributed by atoms with E-state index in [4.69, 9.17) is 74.3 Å². The molecule has 0 spiro atoms. The third-order valence-corrected chi connectivity index (χ3v) is 11.9. The van der Waals surface area contributed by atoms with Crippen LogP contribution in [-0.2, 0) is 25.5 Å². The Morgan fingerprint density at radius 2 is 1.39 bits per heavy atom. The highest BCUT2D eigenvalue weighted by Crippen LogP contribution is 2.81. The number of rotatable bonds is 3. The van der Waals surface area contributed by atoms with Gasteiger partial charge in [-0.3, -0.25) is 19.8 Å². The molecule has 12 heteroatoms. The van der Waals surface area contributed by atoms with Gasteiger partial charge >= 0.3 is 0 Å². The fourth-order valence-electron chi connectivity index (χ4n) is 6.35. The molecule has 3 saturated heterocycles. The van der Waals surface area contributed by atoms with Crippen molar-refractivity contribution >= 4 is 87.3 Å². The van der Waals surface area contributed by atoms with Crippen LogP contribution < -0.4 is 5.43 Å². The standard InChI is InChI=1S/C21H14Cl6N2O4/c22-15-16(23)20(25)12-11(19(15,24)21(20,26)27)13-9-10(14(12)33-13)18(32)29(17(9)31)28-8(30)6-7-4-2-1-3-5-7/h1-5,9-14H,6H2,(H,28,30)/t9-,10-,11-,12-,13+,14+,19-,20-/m0/s1. The molecule has 0 aromatic heterocycles. The minimum absolute atomic E-state index is 0.00751. The summed E-state index contributed by atoms with van der Waals surface area (Å²) in [6.45, 7) is 0. The van der Waals surface area contributed by atoms with E-state index in [9.17, 15) is 14.4 Å². The fraction of sp³-hybridized carbons (Fsp3) is 0.476. The number of nitrogens with one attached hydrogen (secondary N) is 1. The highest BCUT2D eigenvalue weighted by atomic mass is 35.5. The van der Waals surface area contributed by atoms with Crippen LogP contribution >= 0.6 is 69.6 Å². The molecule has 5 aliphatic rings. The zero-order valence-corrected chi connectivity index (χ0v) is 20.9. The molecule has 4 bridgehead atoms. The number of ether oxygens (including phenoxy) is 1. The van der Waals surface area contributed by atoms with Crippen molar-refractivity contribution in [2.45, 2.75) is 32.7 Å². The number of carbonyl (C=O) groups excluding carboxylic acids is 3. The van der Waals surface area contributed by atoms with Gasteiger partial charge in [0, 0.05) is 11.8 Å². The van der Waals surface area contributed by atoms with Gasteiger partial charge in [0.05, 0.1) is 40.5 Å². The van der Waals surface area contributed by atoms with Gasteiger partial charge < -0.3 is 4.74 Å². The molecule has 0 radical (unpaired) electrons. The first kappa shape index (κ1) is 22.7. The molecule has 1 saturated carbocycles.